The molecule has 30 heavy (non-hydrogen) atoms. The summed E-state index contributed by atoms with van der Waals surface area (Å²) in [5.41, 5.74) is 3.24. The van der Waals surface area contributed by atoms with Crippen molar-refractivity contribution in [2.24, 2.45) is 5.92 Å². The van der Waals surface area contributed by atoms with Gasteiger partial charge in [0.05, 0.1) is 21.9 Å². The van der Waals surface area contributed by atoms with Crippen molar-refractivity contribution in [2.75, 3.05) is 18.6 Å². The van der Waals surface area contributed by atoms with Crippen molar-refractivity contribution < 1.29 is 13.2 Å². The van der Waals surface area contributed by atoms with Gasteiger partial charge in [0, 0.05) is 23.5 Å². The normalized spacial score (nSPS) is 16.7. The number of hydrogen-bond acceptors (Lipinski definition) is 8. The molecule has 8 nitrogen and oxygen atoms in total. The maximum atomic E-state index is 12.6. The maximum absolute atomic E-state index is 12.6. The molecule has 5 rings (SSSR count). The first-order valence-corrected chi connectivity index (χ1v) is 12.9. The Balaban J connectivity index is 1.47. The van der Waals surface area contributed by atoms with Crippen LogP contribution in [0.1, 0.15) is 16.9 Å². The summed E-state index contributed by atoms with van der Waals surface area (Å²) >= 11 is 3.15. The number of benzene rings is 1. The van der Waals surface area contributed by atoms with Crippen LogP contribution in [0.15, 0.2) is 24.5 Å². The second-order valence-electron chi connectivity index (χ2n) is 7.45. The van der Waals surface area contributed by atoms with Gasteiger partial charge in [0.25, 0.3) is 0 Å². The van der Waals surface area contributed by atoms with E-state index in [9.17, 15) is 13.2 Å². The average molecular weight is 462 g/mol. The van der Waals surface area contributed by atoms with E-state index in [1.165, 1.54) is 11.7 Å². The average Bonchev–Trinajstić information content (AvgIpc) is 3.07. The Labute approximate surface area is 181 Å². The summed E-state index contributed by atoms with van der Waals surface area (Å²) in [5, 5.41) is 4.41. The number of aromatic nitrogens is 3. The molecule has 0 bridgehead atoms. The number of hydrogen-bond donors (Lipinski definition) is 2. The van der Waals surface area contributed by atoms with E-state index < -0.39 is 10.0 Å². The van der Waals surface area contributed by atoms with Crippen LogP contribution in [0.4, 0.5) is 11.5 Å². The number of nitrogens with zero attached hydrogens (tertiary/aromatic N) is 3. The Kier molecular flexibility index (Phi) is 4.56. The highest BCUT2D eigenvalue weighted by Crippen LogP contribution is 2.41. The van der Waals surface area contributed by atoms with Gasteiger partial charge in [0.2, 0.25) is 15.9 Å². The molecule has 2 N–H and O–H groups in total. The molecule has 0 saturated carbocycles. The van der Waals surface area contributed by atoms with Crippen LogP contribution in [0.25, 0.3) is 20.4 Å². The van der Waals surface area contributed by atoms with Crippen LogP contribution in [0.3, 0.4) is 0 Å². The lowest BCUT2D eigenvalue weighted by molar-refractivity contribution is -0.130. The van der Waals surface area contributed by atoms with Gasteiger partial charge >= 0.3 is 0 Å². The van der Waals surface area contributed by atoms with E-state index >= 15 is 0 Å². The number of fused-ring (bicyclic) bond motifs is 4. The third-order valence-electron chi connectivity index (χ3n) is 5.52. The number of rotatable bonds is 4. The Morgan fingerprint density at radius 1 is 1.33 bits per heavy atom. The molecule has 0 radical (unpaired) electrons. The summed E-state index contributed by atoms with van der Waals surface area (Å²) in [6.45, 7) is 0. The Bertz CT molecular complexity index is 1390. The molecule has 1 aliphatic rings. The number of carbonyl (C=O) groups excluding carboxylic acids is 1. The minimum Gasteiger partial charge on any atom is -0.340 e. The van der Waals surface area contributed by atoms with E-state index in [4.69, 9.17) is 0 Å². The van der Waals surface area contributed by atoms with Gasteiger partial charge in [-0.05, 0) is 43.0 Å². The predicted molar refractivity (Wildman–Crippen MR) is 120 cm³/mol. The Hall–Kier alpha value is -2.50. The molecule has 1 aliphatic carbocycles. The number of carbonyl (C=O) groups is 1. The molecule has 0 fully saturated rings. The van der Waals surface area contributed by atoms with E-state index in [-0.39, 0.29) is 11.8 Å². The fourth-order valence-electron chi connectivity index (χ4n) is 3.81. The van der Waals surface area contributed by atoms with Crippen molar-refractivity contribution in [1.82, 2.24) is 18.6 Å². The van der Waals surface area contributed by atoms with Crippen LogP contribution >= 0.6 is 22.9 Å². The molecule has 1 amide bonds. The van der Waals surface area contributed by atoms with Crippen LogP contribution in [0.5, 0.6) is 0 Å². The fraction of sp³-hybridized carbons (Fsp3) is 0.316. The molecule has 3 aromatic heterocycles. The topological polar surface area (TPSA) is 108 Å². The van der Waals surface area contributed by atoms with Crippen molar-refractivity contribution in [1.29, 1.82) is 0 Å². The second-order valence-corrected chi connectivity index (χ2v) is 11.4. The van der Waals surface area contributed by atoms with Crippen molar-refractivity contribution in [3.05, 3.63) is 35.0 Å². The van der Waals surface area contributed by atoms with Crippen LogP contribution in [-0.4, -0.2) is 46.3 Å². The van der Waals surface area contributed by atoms with E-state index in [0.29, 0.717) is 19.3 Å². The third-order valence-corrected chi connectivity index (χ3v) is 8.73. The predicted octanol–water partition coefficient (Wildman–Crippen LogP) is 3.50. The van der Waals surface area contributed by atoms with Crippen molar-refractivity contribution >= 4 is 70.7 Å². The smallest absolute Gasteiger partial charge is 0.239 e. The lowest BCUT2D eigenvalue weighted by Gasteiger charge is -2.25. The summed E-state index contributed by atoms with van der Waals surface area (Å²) in [6.07, 6.45) is 4.42. The lowest BCUT2D eigenvalue weighted by atomic mass is 9.87. The number of amides is 1. The van der Waals surface area contributed by atoms with Gasteiger partial charge in [-0.3, -0.25) is 4.79 Å². The Morgan fingerprint density at radius 2 is 2.17 bits per heavy atom. The first kappa shape index (κ1) is 19.5. The fourth-order valence-corrected chi connectivity index (χ4v) is 6.21. The van der Waals surface area contributed by atoms with E-state index in [1.807, 2.05) is 12.1 Å². The molecule has 0 unspecified atom stereocenters. The number of H-pyrrole nitrogens is 1. The second kappa shape index (κ2) is 7.03. The number of aryl methyl sites for hydroxylation is 1. The lowest BCUT2D eigenvalue weighted by Crippen LogP contribution is -2.38. The van der Waals surface area contributed by atoms with Crippen LogP contribution in [0, 0.1) is 5.92 Å². The number of aromatic amines is 1. The largest absolute Gasteiger partial charge is 0.340 e. The van der Waals surface area contributed by atoms with Crippen LogP contribution < -0.4 is 5.32 Å². The van der Waals surface area contributed by atoms with Gasteiger partial charge in [-0.2, -0.15) is 0 Å². The van der Waals surface area contributed by atoms with E-state index in [1.54, 1.807) is 29.2 Å². The molecule has 1 atom stereocenters. The molecule has 1 aromatic carbocycles. The highest BCUT2D eigenvalue weighted by Gasteiger charge is 2.33. The molecule has 0 saturated heterocycles. The Morgan fingerprint density at radius 3 is 2.87 bits per heavy atom. The molecule has 11 heteroatoms. The van der Waals surface area contributed by atoms with E-state index in [0.717, 1.165) is 48.2 Å². The summed E-state index contributed by atoms with van der Waals surface area (Å²) in [5.74, 6) is 0.0677. The highest BCUT2D eigenvalue weighted by molar-refractivity contribution is 7.88. The van der Waals surface area contributed by atoms with Gasteiger partial charge in [-0.25, -0.2) is 22.7 Å². The standard InChI is InChI=1S/C19H19N5O3S3/c1-24(30(2,26)27)19(25)10-3-5-12-14(7-10)28-18-16(12)17(20-9-21-18)22-11-4-6-13-15(8-11)29-23-13/h4,6,8-10,23H,3,5,7H2,1-2H3,(H,20,21,22)/t10-/m0/s1. The maximum Gasteiger partial charge on any atom is 0.239 e. The SMILES string of the molecule is CN(C(=O)[C@H]1CCc2c(sc3ncnc(Nc4ccc5[nH]sc5c4)c23)C1)S(C)(=O)=O. The van der Waals surface area contributed by atoms with Gasteiger partial charge < -0.3 is 9.69 Å². The number of anilines is 2. The quantitative estimate of drug-likeness (QED) is 0.482. The molecule has 0 spiro atoms. The molecule has 4 aromatic rings. The van der Waals surface area contributed by atoms with Gasteiger partial charge in [0.1, 0.15) is 17.0 Å². The number of nitrogens with one attached hydrogen (secondary N) is 2. The van der Waals surface area contributed by atoms with Crippen molar-refractivity contribution in [3.63, 3.8) is 0 Å². The van der Waals surface area contributed by atoms with Gasteiger partial charge in [-0.1, -0.05) is 11.5 Å². The number of sulfonamides is 1. The zero-order valence-corrected chi connectivity index (χ0v) is 18.7. The first-order valence-electron chi connectivity index (χ1n) is 9.38. The monoisotopic (exact) mass is 461 g/mol. The molecule has 3 heterocycles. The van der Waals surface area contributed by atoms with Crippen molar-refractivity contribution in [2.45, 2.75) is 19.3 Å². The summed E-state index contributed by atoms with van der Waals surface area (Å²) in [4.78, 5) is 23.5. The zero-order chi connectivity index (χ0) is 21.0. The molecular formula is C19H19N5O3S3. The summed E-state index contributed by atoms with van der Waals surface area (Å²) in [6, 6.07) is 6.12. The summed E-state index contributed by atoms with van der Waals surface area (Å²) in [7, 11) is -2.22. The first-order chi connectivity index (χ1) is 14.3. The minimum atomic E-state index is -3.55. The minimum absolute atomic E-state index is 0.341. The molecule has 156 valence electrons. The van der Waals surface area contributed by atoms with Crippen LogP contribution in [0.2, 0.25) is 0 Å². The van der Waals surface area contributed by atoms with Crippen molar-refractivity contribution in [3.8, 4) is 0 Å². The third kappa shape index (κ3) is 3.26. The number of thiophene rings is 1. The van der Waals surface area contributed by atoms with Crippen LogP contribution in [-0.2, 0) is 27.7 Å². The highest BCUT2D eigenvalue weighted by atomic mass is 32.2. The van der Waals surface area contributed by atoms with Gasteiger partial charge in [-0.15, -0.1) is 11.3 Å². The van der Waals surface area contributed by atoms with Gasteiger partial charge in [0.15, 0.2) is 0 Å². The zero-order valence-electron chi connectivity index (χ0n) is 16.3. The summed E-state index contributed by atoms with van der Waals surface area (Å²) < 4.78 is 28.7. The molecular weight excluding hydrogens is 442 g/mol. The molecule has 0 aliphatic heterocycles. The van der Waals surface area contributed by atoms with E-state index in [2.05, 4.69) is 25.7 Å².